The summed E-state index contributed by atoms with van der Waals surface area (Å²) in [6, 6.07) is 3.12. The molecule has 4 nitrogen and oxygen atoms in total. The number of ether oxygens (including phenoxy) is 1. The number of hydrogen-bond acceptors (Lipinski definition) is 4. The summed E-state index contributed by atoms with van der Waals surface area (Å²) in [5.41, 5.74) is -1.77. The number of rotatable bonds is 3. The lowest BCUT2D eigenvalue weighted by Gasteiger charge is -2.22. The van der Waals surface area contributed by atoms with Gasteiger partial charge in [0.25, 0.3) is 0 Å². The Morgan fingerprint density at radius 1 is 1.30 bits per heavy atom. The van der Waals surface area contributed by atoms with E-state index in [2.05, 4.69) is 0 Å². The molecule has 1 aromatic rings. The molecule has 23 heavy (non-hydrogen) atoms. The number of halogens is 2. The van der Waals surface area contributed by atoms with Crippen LogP contribution in [0.2, 0.25) is 0 Å². The first kappa shape index (κ1) is 15.5. The standard InChI is InChI=1S/C17H14F2O4/c1-23-16(22)17-6-5-9(8-17)10(15(17)21)7-13(20)14-11(18)3-2-4-12(14)19/h2-4,7,9H,5-6,8H2,1H3/t9-,17-/m1/s1. The maximum absolute atomic E-state index is 13.7. The van der Waals surface area contributed by atoms with Crippen molar-refractivity contribution in [2.24, 2.45) is 11.3 Å². The highest BCUT2D eigenvalue weighted by Crippen LogP contribution is 2.55. The minimum Gasteiger partial charge on any atom is -0.468 e. The molecule has 6 heteroatoms. The van der Waals surface area contributed by atoms with E-state index in [-0.39, 0.29) is 17.9 Å². The molecule has 2 saturated carbocycles. The second-order valence-corrected chi connectivity index (χ2v) is 5.90. The van der Waals surface area contributed by atoms with Crippen molar-refractivity contribution in [1.29, 1.82) is 0 Å². The van der Waals surface area contributed by atoms with Crippen LogP contribution in [0, 0.1) is 23.0 Å². The number of hydrogen-bond donors (Lipinski definition) is 0. The minimum atomic E-state index is -1.24. The Morgan fingerprint density at radius 3 is 2.57 bits per heavy atom. The van der Waals surface area contributed by atoms with Gasteiger partial charge in [-0.25, -0.2) is 8.78 Å². The number of carbonyl (C=O) groups is 3. The van der Waals surface area contributed by atoms with Crippen molar-refractivity contribution in [3.05, 3.63) is 47.0 Å². The highest BCUT2D eigenvalue weighted by atomic mass is 19.1. The van der Waals surface area contributed by atoms with Gasteiger partial charge in [-0.3, -0.25) is 14.4 Å². The molecule has 0 N–H and O–H groups in total. The van der Waals surface area contributed by atoms with Crippen LogP contribution < -0.4 is 0 Å². The number of ketones is 2. The van der Waals surface area contributed by atoms with E-state index in [9.17, 15) is 23.2 Å². The SMILES string of the molecule is COC(=O)[C@]12CC[C@H](C1)C(=CC(=O)c1c(F)cccc1F)C2=O. The Labute approximate surface area is 131 Å². The van der Waals surface area contributed by atoms with Gasteiger partial charge in [-0.1, -0.05) is 6.07 Å². The van der Waals surface area contributed by atoms with Gasteiger partial charge < -0.3 is 4.74 Å². The summed E-state index contributed by atoms with van der Waals surface area (Å²) in [5.74, 6) is -4.20. The molecular weight excluding hydrogens is 306 g/mol. The molecule has 0 amide bonds. The fourth-order valence-corrected chi connectivity index (χ4v) is 3.58. The predicted molar refractivity (Wildman–Crippen MR) is 75.6 cm³/mol. The quantitative estimate of drug-likeness (QED) is 0.372. The summed E-state index contributed by atoms with van der Waals surface area (Å²) in [5, 5.41) is 0. The molecule has 2 aliphatic carbocycles. The maximum Gasteiger partial charge on any atom is 0.319 e. The Kier molecular flexibility index (Phi) is 3.62. The lowest BCUT2D eigenvalue weighted by Crippen LogP contribution is -2.36. The van der Waals surface area contributed by atoms with Gasteiger partial charge in [0.1, 0.15) is 17.0 Å². The van der Waals surface area contributed by atoms with Crippen LogP contribution in [0.1, 0.15) is 29.6 Å². The molecule has 0 unspecified atom stereocenters. The molecule has 0 aliphatic heterocycles. The van der Waals surface area contributed by atoms with Gasteiger partial charge in [-0.15, -0.1) is 0 Å². The van der Waals surface area contributed by atoms with Gasteiger partial charge in [-0.2, -0.15) is 0 Å². The van der Waals surface area contributed by atoms with E-state index in [1.165, 1.54) is 7.11 Å². The second-order valence-electron chi connectivity index (χ2n) is 5.90. The fraction of sp³-hybridized carbons (Fsp3) is 0.353. The third-order valence-corrected chi connectivity index (χ3v) is 4.72. The topological polar surface area (TPSA) is 60.4 Å². The molecule has 0 aromatic heterocycles. The highest BCUT2D eigenvalue weighted by molar-refractivity contribution is 6.19. The zero-order chi connectivity index (χ0) is 16.8. The Hall–Kier alpha value is -2.37. The van der Waals surface area contributed by atoms with Crippen molar-refractivity contribution in [2.75, 3.05) is 7.11 Å². The van der Waals surface area contributed by atoms with E-state index in [0.29, 0.717) is 12.8 Å². The summed E-state index contributed by atoms with van der Waals surface area (Å²) in [6.07, 6.45) is 2.21. The van der Waals surface area contributed by atoms with Crippen LogP contribution in [0.3, 0.4) is 0 Å². The lowest BCUT2D eigenvalue weighted by molar-refractivity contribution is -0.155. The average molecular weight is 320 g/mol. The highest BCUT2D eigenvalue weighted by Gasteiger charge is 2.60. The molecule has 1 aromatic carbocycles. The first-order valence-corrected chi connectivity index (χ1v) is 7.24. The Balaban J connectivity index is 1.97. The first-order chi connectivity index (χ1) is 10.9. The van der Waals surface area contributed by atoms with Crippen molar-refractivity contribution >= 4 is 17.5 Å². The van der Waals surface area contributed by atoms with Crippen LogP contribution in [0.4, 0.5) is 8.78 Å². The molecule has 2 fully saturated rings. The van der Waals surface area contributed by atoms with Crippen LogP contribution in [0.15, 0.2) is 29.8 Å². The molecule has 0 spiro atoms. The van der Waals surface area contributed by atoms with Crippen LogP contribution in [0.25, 0.3) is 0 Å². The summed E-state index contributed by atoms with van der Waals surface area (Å²) in [6.45, 7) is 0. The Morgan fingerprint density at radius 2 is 1.96 bits per heavy atom. The largest absolute Gasteiger partial charge is 0.468 e. The van der Waals surface area contributed by atoms with Gasteiger partial charge >= 0.3 is 5.97 Å². The van der Waals surface area contributed by atoms with Crippen LogP contribution in [-0.2, 0) is 14.3 Å². The average Bonchev–Trinajstić information content (AvgIpc) is 3.06. The second kappa shape index (κ2) is 5.37. The van der Waals surface area contributed by atoms with Crippen molar-refractivity contribution in [2.45, 2.75) is 19.3 Å². The Bertz CT molecular complexity index is 733. The van der Waals surface area contributed by atoms with Gasteiger partial charge in [0.05, 0.1) is 12.7 Å². The number of methoxy groups -OCH3 is 1. The van der Waals surface area contributed by atoms with Crippen LogP contribution in [-0.4, -0.2) is 24.6 Å². The van der Waals surface area contributed by atoms with E-state index in [4.69, 9.17) is 4.74 Å². The van der Waals surface area contributed by atoms with E-state index >= 15 is 0 Å². The molecule has 120 valence electrons. The summed E-state index contributed by atoms with van der Waals surface area (Å²) < 4.78 is 32.0. The molecular formula is C17H14F2O4. The van der Waals surface area contributed by atoms with Crippen LogP contribution in [0.5, 0.6) is 0 Å². The number of benzene rings is 1. The van der Waals surface area contributed by atoms with Gasteiger partial charge in [0, 0.05) is 5.57 Å². The van der Waals surface area contributed by atoms with E-state index in [1.807, 2.05) is 0 Å². The monoisotopic (exact) mass is 320 g/mol. The maximum atomic E-state index is 13.7. The molecule has 3 rings (SSSR count). The number of esters is 1. The molecule has 0 saturated heterocycles. The van der Waals surface area contributed by atoms with E-state index in [1.54, 1.807) is 0 Å². The summed E-state index contributed by atoms with van der Waals surface area (Å²) in [7, 11) is 1.21. The number of carbonyl (C=O) groups excluding carboxylic acids is 3. The summed E-state index contributed by atoms with van der Waals surface area (Å²) in [4.78, 5) is 36.6. The first-order valence-electron chi connectivity index (χ1n) is 7.24. The van der Waals surface area contributed by atoms with E-state index < -0.39 is 40.1 Å². The normalized spacial score (nSPS) is 27.5. The molecule has 0 heterocycles. The van der Waals surface area contributed by atoms with Crippen molar-refractivity contribution in [3.8, 4) is 0 Å². The van der Waals surface area contributed by atoms with Gasteiger partial charge in [0.15, 0.2) is 11.6 Å². The number of allylic oxidation sites excluding steroid dienone is 2. The lowest BCUT2D eigenvalue weighted by atomic mass is 9.81. The van der Waals surface area contributed by atoms with Gasteiger partial charge in [0.2, 0.25) is 0 Å². The van der Waals surface area contributed by atoms with Crippen molar-refractivity contribution < 1.29 is 27.9 Å². The predicted octanol–water partition coefficient (Wildman–Crippen LogP) is 2.62. The number of fused-ring (bicyclic) bond motifs is 2. The van der Waals surface area contributed by atoms with Crippen molar-refractivity contribution in [1.82, 2.24) is 0 Å². The molecule has 0 radical (unpaired) electrons. The van der Waals surface area contributed by atoms with Crippen LogP contribution >= 0.6 is 0 Å². The smallest absolute Gasteiger partial charge is 0.319 e. The third-order valence-electron chi connectivity index (χ3n) is 4.72. The zero-order valence-corrected chi connectivity index (χ0v) is 12.4. The molecule has 2 bridgehead atoms. The molecule has 2 atom stereocenters. The van der Waals surface area contributed by atoms with E-state index in [0.717, 1.165) is 24.3 Å². The third kappa shape index (κ3) is 2.20. The van der Waals surface area contributed by atoms with Gasteiger partial charge in [-0.05, 0) is 43.4 Å². The fourth-order valence-electron chi connectivity index (χ4n) is 3.58. The molecule has 2 aliphatic rings. The minimum absolute atomic E-state index is 0.161. The number of Topliss-reactive ketones (excluding diaryl/α,β-unsaturated/α-hetero) is 1. The van der Waals surface area contributed by atoms with Crippen molar-refractivity contribution in [3.63, 3.8) is 0 Å². The zero-order valence-electron chi connectivity index (χ0n) is 12.4. The summed E-state index contributed by atoms with van der Waals surface area (Å²) >= 11 is 0.